The van der Waals surface area contributed by atoms with E-state index in [0.717, 1.165) is 23.6 Å². The highest BCUT2D eigenvalue weighted by Gasteiger charge is 2.07. The number of guanidine groups is 1. The predicted octanol–water partition coefficient (Wildman–Crippen LogP) is 3.76. The fourth-order valence-corrected chi connectivity index (χ4v) is 2.50. The van der Waals surface area contributed by atoms with E-state index in [4.69, 9.17) is 15.2 Å². The largest absolute Gasteiger partial charge is 0.494 e. The van der Waals surface area contributed by atoms with Crippen molar-refractivity contribution in [2.75, 3.05) is 25.1 Å². The van der Waals surface area contributed by atoms with Gasteiger partial charge in [0.2, 0.25) is 0 Å². The van der Waals surface area contributed by atoms with Gasteiger partial charge in [0.25, 0.3) is 0 Å². The molecular formula is C20H27N3O2. The van der Waals surface area contributed by atoms with Crippen LogP contribution in [-0.4, -0.2) is 25.7 Å². The molecule has 134 valence electrons. The van der Waals surface area contributed by atoms with Crippen LogP contribution >= 0.6 is 0 Å². The third kappa shape index (κ3) is 6.03. The van der Waals surface area contributed by atoms with Crippen molar-refractivity contribution in [2.24, 2.45) is 10.7 Å². The summed E-state index contributed by atoms with van der Waals surface area (Å²) in [5.74, 6) is 1.85. The lowest BCUT2D eigenvalue weighted by atomic mass is 10.1. The molecular weight excluding hydrogens is 314 g/mol. The van der Waals surface area contributed by atoms with Gasteiger partial charge in [-0.25, -0.2) is 0 Å². The summed E-state index contributed by atoms with van der Waals surface area (Å²) in [5.41, 5.74) is 9.29. The Hall–Kier alpha value is -2.69. The molecule has 0 radical (unpaired) electrons. The molecule has 0 aromatic heterocycles. The smallest absolute Gasteiger partial charge is 0.193 e. The van der Waals surface area contributed by atoms with Crippen molar-refractivity contribution in [3.8, 4) is 11.5 Å². The molecule has 25 heavy (non-hydrogen) atoms. The summed E-state index contributed by atoms with van der Waals surface area (Å²) in [6.07, 6.45) is 0.849. The molecule has 5 heteroatoms. The molecule has 0 unspecified atom stereocenters. The first-order chi connectivity index (χ1) is 12.1. The zero-order chi connectivity index (χ0) is 18.1. The van der Waals surface area contributed by atoms with Gasteiger partial charge in [0, 0.05) is 12.6 Å². The summed E-state index contributed by atoms with van der Waals surface area (Å²) in [6.45, 7) is 7.78. The van der Waals surface area contributed by atoms with Gasteiger partial charge in [-0.2, -0.15) is 0 Å². The number of hydrogen-bond acceptors (Lipinski definition) is 3. The molecule has 5 nitrogen and oxygen atoms in total. The number of anilines is 1. The Morgan fingerprint density at radius 3 is 2.60 bits per heavy atom. The molecule has 2 aromatic rings. The lowest BCUT2D eigenvalue weighted by Gasteiger charge is -2.14. The van der Waals surface area contributed by atoms with Gasteiger partial charge < -0.3 is 20.5 Å². The quantitative estimate of drug-likeness (QED) is 0.566. The first-order valence-corrected chi connectivity index (χ1v) is 8.64. The number of nitrogens with two attached hydrogens (primary N) is 1. The van der Waals surface area contributed by atoms with Crippen LogP contribution in [0.1, 0.15) is 25.0 Å². The van der Waals surface area contributed by atoms with Crippen LogP contribution in [0.25, 0.3) is 0 Å². The van der Waals surface area contributed by atoms with Crippen molar-refractivity contribution in [2.45, 2.75) is 27.2 Å². The Bertz CT molecular complexity index is 714. The Balaban J connectivity index is 2.02. The molecule has 2 rings (SSSR count). The van der Waals surface area contributed by atoms with Crippen LogP contribution in [0.4, 0.5) is 5.69 Å². The van der Waals surface area contributed by atoms with Crippen LogP contribution in [-0.2, 0) is 6.42 Å². The number of rotatable bonds is 8. The first kappa shape index (κ1) is 18.6. The van der Waals surface area contributed by atoms with Gasteiger partial charge in [0.05, 0.1) is 18.9 Å². The van der Waals surface area contributed by atoms with Crippen molar-refractivity contribution in [3.63, 3.8) is 0 Å². The number of benzene rings is 2. The topological polar surface area (TPSA) is 68.9 Å². The second-order valence-electron chi connectivity index (χ2n) is 5.66. The van der Waals surface area contributed by atoms with Crippen LogP contribution in [0.2, 0.25) is 0 Å². The van der Waals surface area contributed by atoms with Crippen LogP contribution in [0, 0.1) is 6.92 Å². The third-order valence-corrected chi connectivity index (χ3v) is 3.59. The summed E-state index contributed by atoms with van der Waals surface area (Å²) in [7, 11) is 0. The maximum Gasteiger partial charge on any atom is 0.193 e. The van der Waals surface area contributed by atoms with Crippen molar-refractivity contribution < 1.29 is 9.47 Å². The van der Waals surface area contributed by atoms with E-state index < -0.39 is 0 Å². The van der Waals surface area contributed by atoms with Crippen LogP contribution in [0.5, 0.6) is 11.5 Å². The Morgan fingerprint density at radius 1 is 1.08 bits per heavy atom. The predicted molar refractivity (Wildman–Crippen MR) is 104 cm³/mol. The molecule has 0 bridgehead atoms. The van der Waals surface area contributed by atoms with E-state index in [-0.39, 0.29) is 0 Å². The fourth-order valence-electron chi connectivity index (χ4n) is 2.50. The maximum atomic E-state index is 6.03. The highest BCUT2D eigenvalue weighted by Crippen LogP contribution is 2.29. The molecule has 2 aromatic carbocycles. The Labute approximate surface area is 149 Å². The number of nitrogens with zero attached hydrogens (tertiary/aromatic N) is 1. The normalized spacial score (nSPS) is 11.2. The van der Waals surface area contributed by atoms with Crippen molar-refractivity contribution in [1.82, 2.24) is 0 Å². The average molecular weight is 341 g/mol. The van der Waals surface area contributed by atoms with E-state index in [1.165, 1.54) is 11.1 Å². The maximum absolute atomic E-state index is 6.03. The molecule has 0 amide bonds. The summed E-state index contributed by atoms with van der Waals surface area (Å²) in [6, 6.07) is 14.0. The van der Waals surface area contributed by atoms with Gasteiger partial charge in [0.15, 0.2) is 5.96 Å². The number of hydrogen-bond donors (Lipinski definition) is 2. The monoisotopic (exact) mass is 341 g/mol. The zero-order valence-electron chi connectivity index (χ0n) is 15.2. The second kappa shape index (κ2) is 9.57. The van der Waals surface area contributed by atoms with Crippen LogP contribution in [0.15, 0.2) is 47.5 Å². The lowest BCUT2D eigenvalue weighted by molar-refractivity contribution is 0.332. The van der Waals surface area contributed by atoms with Gasteiger partial charge in [0.1, 0.15) is 11.5 Å². The third-order valence-electron chi connectivity index (χ3n) is 3.59. The van der Waals surface area contributed by atoms with E-state index in [1.54, 1.807) is 0 Å². The summed E-state index contributed by atoms with van der Waals surface area (Å²) >= 11 is 0. The number of aliphatic imine (C=N–C) groups is 1. The zero-order valence-corrected chi connectivity index (χ0v) is 15.2. The molecule has 0 heterocycles. The first-order valence-electron chi connectivity index (χ1n) is 8.64. The summed E-state index contributed by atoms with van der Waals surface area (Å²) in [4.78, 5) is 4.41. The number of aryl methyl sites for hydroxylation is 1. The second-order valence-corrected chi connectivity index (χ2v) is 5.66. The molecule has 0 aliphatic heterocycles. The van der Waals surface area contributed by atoms with Crippen LogP contribution < -0.4 is 20.5 Å². The van der Waals surface area contributed by atoms with E-state index in [1.807, 2.05) is 32.0 Å². The Kier molecular flexibility index (Phi) is 7.14. The molecule has 3 N–H and O–H groups in total. The minimum Gasteiger partial charge on any atom is -0.494 e. The standard InChI is InChI=1S/C20H27N3O2/c1-4-24-17-9-10-19(25-5-2)18(14-17)23-20(21)22-12-11-16-8-6-7-15(3)13-16/h6-10,13-14H,4-5,11-12H2,1-3H3,(H3,21,22,23). The Morgan fingerprint density at radius 2 is 1.88 bits per heavy atom. The molecule has 0 aliphatic rings. The summed E-state index contributed by atoms with van der Waals surface area (Å²) < 4.78 is 11.2. The molecule has 0 atom stereocenters. The fraction of sp³-hybridized carbons (Fsp3) is 0.350. The molecule has 0 saturated heterocycles. The minimum absolute atomic E-state index is 0.363. The molecule has 0 fully saturated rings. The van der Waals surface area contributed by atoms with E-state index in [9.17, 15) is 0 Å². The van der Waals surface area contributed by atoms with E-state index in [0.29, 0.717) is 25.7 Å². The van der Waals surface area contributed by atoms with Gasteiger partial charge in [-0.05, 0) is 44.9 Å². The molecule has 0 spiro atoms. The average Bonchev–Trinajstić information content (AvgIpc) is 2.58. The van der Waals surface area contributed by atoms with Gasteiger partial charge in [-0.3, -0.25) is 4.99 Å². The summed E-state index contributed by atoms with van der Waals surface area (Å²) in [5, 5.41) is 3.11. The lowest BCUT2D eigenvalue weighted by Crippen LogP contribution is -2.23. The van der Waals surface area contributed by atoms with Gasteiger partial charge in [-0.1, -0.05) is 29.8 Å². The highest BCUT2D eigenvalue weighted by atomic mass is 16.5. The van der Waals surface area contributed by atoms with E-state index >= 15 is 0 Å². The highest BCUT2D eigenvalue weighted by molar-refractivity contribution is 5.94. The van der Waals surface area contributed by atoms with Crippen molar-refractivity contribution in [1.29, 1.82) is 0 Å². The van der Waals surface area contributed by atoms with Crippen LogP contribution in [0.3, 0.4) is 0 Å². The number of nitrogens with one attached hydrogen (secondary N) is 1. The van der Waals surface area contributed by atoms with Gasteiger partial charge >= 0.3 is 0 Å². The molecule has 0 aliphatic carbocycles. The number of ether oxygens (including phenoxy) is 2. The molecule has 0 saturated carbocycles. The van der Waals surface area contributed by atoms with E-state index in [2.05, 4.69) is 41.5 Å². The SMILES string of the molecule is CCOc1ccc(OCC)c(NC(N)=NCCc2cccc(C)c2)c1. The van der Waals surface area contributed by atoms with Crippen molar-refractivity contribution in [3.05, 3.63) is 53.6 Å². The van der Waals surface area contributed by atoms with Crippen molar-refractivity contribution >= 4 is 11.6 Å². The minimum atomic E-state index is 0.363. The van der Waals surface area contributed by atoms with Gasteiger partial charge in [-0.15, -0.1) is 0 Å².